The van der Waals surface area contributed by atoms with Gasteiger partial charge in [-0.3, -0.25) is 14.5 Å². The Balaban J connectivity index is 1.86. The smallest absolute Gasteiger partial charge is 0.242 e. The maximum atomic E-state index is 12.5. The Labute approximate surface area is 155 Å². The second-order valence-corrected chi connectivity index (χ2v) is 6.42. The van der Waals surface area contributed by atoms with Gasteiger partial charge in [0.1, 0.15) is 11.8 Å². The maximum absolute atomic E-state index is 12.5. The van der Waals surface area contributed by atoms with Crippen molar-refractivity contribution in [3.8, 4) is 5.75 Å². The fourth-order valence-corrected chi connectivity index (χ4v) is 2.90. The van der Waals surface area contributed by atoms with Gasteiger partial charge >= 0.3 is 0 Å². The number of methoxy groups -OCH3 is 1. The van der Waals surface area contributed by atoms with Gasteiger partial charge in [0.2, 0.25) is 11.8 Å². The quantitative estimate of drug-likeness (QED) is 0.742. The Kier molecular flexibility index (Phi) is 7.87. The molecule has 2 rings (SSSR count). The lowest BCUT2D eigenvalue weighted by Gasteiger charge is -2.29. The molecule has 0 radical (unpaired) electrons. The van der Waals surface area contributed by atoms with Gasteiger partial charge < -0.3 is 19.7 Å². The van der Waals surface area contributed by atoms with Crippen molar-refractivity contribution in [2.45, 2.75) is 26.4 Å². The van der Waals surface area contributed by atoms with E-state index in [1.54, 1.807) is 18.9 Å². The molecule has 0 aliphatic carbocycles. The summed E-state index contributed by atoms with van der Waals surface area (Å²) in [5, 5.41) is 2.93. The van der Waals surface area contributed by atoms with Gasteiger partial charge in [-0.25, -0.2) is 0 Å². The summed E-state index contributed by atoms with van der Waals surface area (Å²) >= 11 is 0. The molecule has 1 atom stereocenters. The van der Waals surface area contributed by atoms with Gasteiger partial charge in [0.25, 0.3) is 0 Å². The van der Waals surface area contributed by atoms with Crippen molar-refractivity contribution in [1.82, 2.24) is 15.1 Å². The van der Waals surface area contributed by atoms with Gasteiger partial charge in [-0.15, -0.1) is 0 Å². The van der Waals surface area contributed by atoms with Crippen molar-refractivity contribution in [3.63, 3.8) is 0 Å². The average molecular weight is 363 g/mol. The number of ether oxygens (including phenoxy) is 2. The lowest BCUT2D eigenvalue weighted by atomic mass is 10.1. The normalized spacial score (nSPS) is 16.0. The van der Waals surface area contributed by atoms with Crippen LogP contribution in [0.25, 0.3) is 0 Å². The second-order valence-electron chi connectivity index (χ2n) is 6.42. The zero-order chi connectivity index (χ0) is 18.9. The van der Waals surface area contributed by atoms with Crippen LogP contribution in [0.5, 0.6) is 5.75 Å². The molecule has 0 bridgehead atoms. The minimum Gasteiger partial charge on any atom is -0.497 e. The number of nitrogens with zero attached hydrogens (tertiary/aromatic N) is 2. The maximum Gasteiger partial charge on any atom is 0.242 e. The molecule has 1 aromatic rings. The highest BCUT2D eigenvalue weighted by Crippen LogP contribution is 2.14. The van der Waals surface area contributed by atoms with Crippen LogP contribution in [0.4, 0.5) is 0 Å². The molecule has 1 aromatic carbocycles. The van der Waals surface area contributed by atoms with Gasteiger partial charge in [0.05, 0.1) is 20.3 Å². The fraction of sp³-hybridized carbons (Fsp3) is 0.579. The molecule has 0 saturated carbocycles. The van der Waals surface area contributed by atoms with Crippen molar-refractivity contribution in [2.75, 3.05) is 46.5 Å². The highest BCUT2D eigenvalue weighted by molar-refractivity contribution is 5.86. The first-order chi connectivity index (χ1) is 12.5. The predicted octanol–water partition coefficient (Wildman–Crippen LogP) is 0.881. The van der Waals surface area contributed by atoms with E-state index in [9.17, 15) is 9.59 Å². The largest absolute Gasteiger partial charge is 0.497 e. The average Bonchev–Trinajstić information content (AvgIpc) is 2.66. The van der Waals surface area contributed by atoms with E-state index in [0.717, 1.165) is 44.2 Å². The molecule has 7 nitrogen and oxygen atoms in total. The first kappa shape index (κ1) is 20.2. The van der Waals surface area contributed by atoms with Crippen molar-refractivity contribution < 1.29 is 19.1 Å². The summed E-state index contributed by atoms with van der Waals surface area (Å²) in [7, 11) is 1.61. The van der Waals surface area contributed by atoms with E-state index in [2.05, 4.69) is 10.2 Å². The summed E-state index contributed by atoms with van der Waals surface area (Å²) in [4.78, 5) is 28.3. The zero-order valence-electron chi connectivity index (χ0n) is 15.9. The van der Waals surface area contributed by atoms with Crippen LogP contribution in [0.3, 0.4) is 0 Å². The topological polar surface area (TPSA) is 71.1 Å². The lowest BCUT2D eigenvalue weighted by Crippen LogP contribution is -2.49. The predicted molar refractivity (Wildman–Crippen MR) is 98.9 cm³/mol. The fourth-order valence-electron chi connectivity index (χ4n) is 2.90. The van der Waals surface area contributed by atoms with Gasteiger partial charge in [-0.1, -0.05) is 12.1 Å². The van der Waals surface area contributed by atoms with Crippen molar-refractivity contribution >= 4 is 11.8 Å². The zero-order valence-corrected chi connectivity index (χ0v) is 15.9. The molecular weight excluding hydrogens is 334 g/mol. The molecule has 1 fully saturated rings. The Morgan fingerprint density at radius 1 is 1.27 bits per heavy atom. The summed E-state index contributed by atoms with van der Waals surface area (Å²) in [5.41, 5.74) is 0.953. The minimum absolute atomic E-state index is 0.128. The molecule has 1 N–H and O–H groups in total. The van der Waals surface area contributed by atoms with Crippen LogP contribution in [0.2, 0.25) is 0 Å². The Bertz CT molecular complexity index is 585. The summed E-state index contributed by atoms with van der Waals surface area (Å²) < 4.78 is 10.5. The molecular formula is C19H29N3O4. The number of rotatable bonds is 8. The number of nitrogens with one attached hydrogen (secondary N) is 1. The van der Waals surface area contributed by atoms with E-state index < -0.39 is 6.04 Å². The van der Waals surface area contributed by atoms with E-state index in [1.165, 1.54) is 6.92 Å². The van der Waals surface area contributed by atoms with E-state index in [1.807, 2.05) is 24.3 Å². The molecule has 0 spiro atoms. The minimum atomic E-state index is -0.528. The lowest BCUT2D eigenvalue weighted by molar-refractivity contribution is -0.139. The van der Waals surface area contributed by atoms with E-state index in [-0.39, 0.29) is 11.8 Å². The Hall–Kier alpha value is -2.12. The van der Waals surface area contributed by atoms with Gasteiger partial charge in [0, 0.05) is 39.6 Å². The molecule has 1 unspecified atom stereocenters. The van der Waals surface area contributed by atoms with E-state index >= 15 is 0 Å². The van der Waals surface area contributed by atoms with Crippen LogP contribution >= 0.6 is 0 Å². The van der Waals surface area contributed by atoms with Crippen LogP contribution in [-0.2, 0) is 20.9 Å². The van der Waals surface area contributed by atoms with Gasteiger partial charge in [-0.2, -0.15) is 0 Å². The monoisotopic (exact) mass is 363 g/mol. The molecule has 1 aliphatic heterocycles. The number of morpholine rings is 1. The number of benzene rings is 1. The van der Waals surface area contributed by atoms with Crippen LogP contribution in [-0.4, -0.2) is 74.2 Å². The van der Waals surface area contributed by atoms with Crippen LogP contribution in [0, 0.1) is 0 Å². The third-order valence-electron chi connectivity index (χ3n) is 4.59. The first-order valence-electron chi connectivity index (χ1n) is 8.99. The Morgan fingerprint density at radius 2 is 1.92 bits per heavy atom. The third-order valence-corrected chi connectivity index (χ3v) is 4.59. The summed E-state index contributed by atoms with van der Waals surface area (Å²) in [6.07, 6.45) is 0. The molecule has 1 heterocycles. The van der Waals surface area contributed by atoms with Gasteiger partial charge in [0.15, 0.2) is 0 Å². The van der Waals surface area contributed by atoms with Crippen molar-refractivity contribution in [3.05, 3.63) is 29.8 Å². The Morgan fingerprint density at radius 3 is 2.50 bits per heavy atom. The number of hydrogen-bond acceptors (Lipinski definition) is 5. The first-order valence-corrected chi connectivity index (χ1v) is 8.99. The summed E-state index contributed by atoms with van der Waals surface area (Å²) in [6, 6.07) is 6.97. The van der Waals surface area contributed by atoms with Crippen molar-refractivity contribution in [1.29, 1.82) is 0 Å². The molecule has 1 saturated heterocycles. The molecule has 2 amide bonds. The standard InChI is InChI=1S/C19H29N3O4/c1-15(19(24)20-8-9-21-10-12-26-13-11-21)22(16(2)23)14-17-4-6-18(25-3)7-5-17/h4-7,15H,8-14H2,1-3H3,(H,20,24). The van der Waals surface area contributed by atoms with Crippen LogP contribution in [0.15, 0.2) is 24.3 Å². The molecule has 26 heavy (non-hydrogen) atoms. The molecule has 144 valence electrons. The third kappa shape index (κ3) is 6.00. The van der Waals surface area contributed by atoms with Gasteiger partial charge in [-0.05, 0) is 24.6 Å². The molecule has 0 aromatic heterocycles. The summed E-state index contributed by atoms with van der Waals surface area (Å²) in [5.74, 6) is 0.496. The van der Waals surface area contributed by atoms with Crippen molar-refractivity contribution in [2.24, 2.45) is 0 Å². The second kappa shape index (κ2) is 10.1. The number of carbonyl (C=O) groups excluding carboxylic acids is 2. The van der Waals surface area contributed by atoms with E-state index in [4.69, 9.17) is 9.47 Å². The molecule has 7 heteroatoms. The highest BCUT2D eigenvalue weighted by Gasteiger charge is 2.23. The van der Waals surface area contributed by atoms with Crippen LogP contribution < -0.4 is 10.1 Å². The number of carbonyl (C=O) groups is 2. The summed E-state index contributed by atoms with van der Waals surface area (Å²) in [6.45, 7) is 8.25. The number of hydrogen-bond donors (Lipinski definition) is 1. The number of amides is 2. The molecule has 1 aliphatic rings. The SMILES string of the molecule is COc1ccc(CN(C(C)=O)C(C)C(=O)NCCN2CCOCC2)cc1. The van der Waals surface area contributed by atoms with Crippen LogP contribution in [0.1, 0.15) is 19.4 Å². The van der Waals surface area contributed by atoms with E-state index in [0.29, 0.717) is 13.1 Å². The highest BCUT2D eigenvalue weighted by atomic mass is 16.5.